The summed E-state index contributed by atoms with van der Waals surface area (Å²) in [5.74, 6) is 0.736. The SMILES string of the molecule is COCc1ccc(C(=O)N[C@H]2CCCc3c2cnn3-c2ccc(C)c(C)c2)o1. The molecule has 1 N–H and O–H groups in total. The number of fused-ring (bicyclic) bond motifs is 1. The van der Waals surface area contributed by atoms with E-state index in [2.05, 4.69) is 42.5 Å². The summed E-state index contributed by atoms with van der Waals surface area (Å²) in [6.45, 7) is 4.57. The third kappa shape index (κ3) is 3.47. The van der Waals surface area contributed by atoms with Crippen LogP contribution < -0.4 is 5.32 Å². The summed E-state index contributed by atoms with van der Waals surface area (Å²) < 4.78 is 12.6. The van der Waals surface area contributed by atoms with Gasteiger partial charge in [0.25, 0.3) is 5.91 Å². The van der Waals surface area contributed by atoms with Crippen LogP contribution in [-0.4, -0.2) is 22.8 Å². The zero-order chi connectivity index (χ0) is 19.7. The molecule has 2 aromatic heterocycles. The number of ether oxygens (including phenoxy) is 1. The Balaban J connectivity index is 1.56. The van der Waals surface area contributed by atoms with Crippen LogP contribution in [0.1, 0.15) is 57.6 Å². The normalized spacial score (nSPS) is 16.0. The van der Waals surface area contributed by atoms with E-state index in [4.69, 9.17) is 9.15 Å². The van der Waals surface area contributed by atoms with E-state index in [0.717, 1.165) is 30.5 Å². The minimum Gasteiger partial charge on any atom is -0.453 e. The fourth-order valence-corrected chi connectivity index (χ4v) is 3.74. The quantitative estimate of drug-likeness (QED) is 0.726. The van der Waals surface area contributed by atoms with Crippen LogP contribution in [0.25, 0.3) is 5.69 Å². The van der Waals surface area contributed by atoms with Gasteiger partial charge in [-0.05, 0) is 68.5 Å². The van der Waals surface area contributed by atoms with E-state index in [1.54, 1.807) is 19.2 Å². The van der Waals surface area contributed by atoms with Gasteiger partial charge in [-0.15, -0.1) is 0 Å². The molecule has 1 aliphatic rings. The summed E-state index contributed by atoms with van der Waals surface area (Å²) >= 11 is 0. The van der Waals surface area contributed by atoms with Gasteiger partial charge in [0.2, 0.25) is 0 Å². The van der Waals surface area contributed by atoms with Crippen LogP contribution in [0, 0.1) is 13.8 Å². The van der Waals surface area contributed by atoms with Crippen LogP contribution in [0.2, 0.25) is 0 Å². The Bertz CT molecular complexity index is 1000. The number of benzene rings is 1. The van der Waals surface area contributed by atoms with Gasteiger partial charge in [0.1, 0.15) is 12.4 Å². The van der Waals surface area contributed by atoms with Gasteiger partial charge in [-0.25, -0.2) is 4.68 Å². The van der Waals surface area contributed by atoms with E-state index in [1.807, 2.05) is 10.9 Å². The Labute approximate surface area is 164 Å². The molecular weight excluding hydrogens is 354 g/mol. The van der Waals surface area contributed by atoms with E-state index in [1.165, 1.54) is 16.8 Å². The van der Waals surface area contributed by atoms with Crippen molar-refractivity contribution >= 4 is 5.91 Å². The number of rotatable bonds is 5. The molecule has 0 bridgehead atoms. The minimum atomic E-state index is -0.209. The lowest BCUT2D eigenvalue weighted by Crippen LogP contribution is -2.30. The molecule has 1 amide bonds. The monoisotopic (exact) mass is 379 g/mol. The molecule has 2 heterocycles. The van der Waals surface area contributed by atoms with Crippen molar-refractivity contribution in [3.05, 3.63) is 70.4 Å². The average molecular weight is 379 g/mol. The van der Waals surface area contributed by atoms with Crippen molar-refractivity contribution in [2.45, 2.75) is 45.8 Å². The largest absolute Gasteiger partial charge is 0.453 e. The maximum Gasteiger partial charge on any atom is 0.287 e. The number of hydrogen-bond donors (Lipinski definition) is 1. The van der Waals surface area contributed by atoms with E-state index in [0.29, 0.717) is 18.1 Å². The van der Waals surface area contributed by atoms with Crippen molar-refractivity contribution in [1.29, 1.82) is 0 Å². The fraction of sp³-hybridized carbons (Fsp3) is 0.364. The van der Waals surface area contributed by atoms with Crippen LogP contribution in [0.4, 0.5) is 0 Å². The van der Waals surface area contributed by atoms with E-state index >= 15 is 0 Å². The molecule has 0 fully saturated rings. The maximum absolute atomic E-state index is 12.6. The Morgan fingerprint density at radius 2 is 2.14 bits per heavy atom. The lowest BCUT2D eigenvalue weighted by Gasteiger charge is -2.24. The maximum atomic E-state index is 12.6. The number of amides is 1. The molecule has 146 valence electrons. The zero-order valence-electron chi connectivity index (χ0n) is 16.5. The van der Waals surface area contributed by atoms with Crippen molar-refractivity contribution < 1.29 is 13.9 Å². The highest BCUT2D eigenvalue weighted by atomic mass is 16.5. The van der Waals surface area contributed by atoms with Gasteiger partial charge in [-0.1, -0.05) is 6.07 Å². The number of aryl methyl sites for hydroxylation is 2. The van der Waals surface area contributed by atoms with Crippen LogP contribution in [-0.2, 0) is 17.8 Å². The summed E-state index contributed by atoms with van der Waals surface area (Å²) in [7, 11) is 1.60. The molecule has 1 aromatic carbocycles. The van der Waals surface area contributed by atoms with Gasteiger partial charge in [0, 0.05) is 18.4 Å². The summed E-state index contributed by atoms with van der Waals surface area (Å²) in [4.78, 5) is 12.6. The number of aromatic nitrogens is 2. The van der Waals surface area contributed by atoms with E-state index in [-0.39, 0.29) is 11.9 Å². The summed E-state index contributed by atoms with van der Waals surface area (Å²) in [6.07, 6.45) is 4.73. The standard InChI is InChI=1S/C22H25N3O3/c1-14-7-8-16(11-15(14)2)25-20-6-4-5-19(18(20)12-23-25)24-22(26)21-10-9-17(28-21)13-27-3/h7-12,19H,4-6,13H2,1-3H3,(H,24,26)/t19-/m0/s1. The first-order valence-electron chi connectivity index (χ1n) is 9.59. The second kappa shape index (κ2) is 7.64. The van der Waals surface area contributed by atoms with E-state index in [9.17, 15) is 4.79 Å². The first kappa shape index (κ1) is 18.5. The number of hydrogen-bond acceptors (Lipinski definition) is 4. The predicted octanol–water partition coefficient (Wildman–Crippen LogP) is 4.04. The lowest BCUT2D eigenvalue weighted by atomic mass is 9.92. The number of nitrogens with zero attached hydrogens (tertiary/aromatic N) is 2. The number of carbonyl (C=O) groups is 1. The summed E-state index contributed by atoms with van der Waals surface area (Å²) in [5.41, 5.74) is 5.82. The smallest absolute Gasteiger partial charge is 0.287 e. The van der Waals surface area contributed by atoms with Crippen molar-refractivity contribution in [2.75, 3.05) is 7.11 Å². The van der Waals surface area contributed by atoms with Gasteiger partial charge >= 0.3 is 0 Å². The minimum absolute atomic E-state index is 0.0625. The Morgan fingerprint density at radius 1 is 1.29 bits per heavy atom. The number of methoxy groups -OCH3 is 1. The molecule has 6 heteroatoms. The molecule has 1 atom stereocenters. The summed E-state index contributed by atoms with van der Waals surface area (Å²) in [5, 5.41) is 7.73. The van der Waals surface area contributed by atoms with Crippen LogP contribution >= 0.6 is 0 Å². The molecule has 6 nitrogen and oxygen atoms in total. The third-order valence-electron chi connectivity index (χ3n) is 5.40. The molecule has 0 saturated heterocycles. The molecule has 0 aliphatic heterocycles. The van der Waals surface area contributed by atoms with E-state index < -0.39 is 0 Å². The molecule has 0 radical (unpaired) electrons. The first-order valence-corrected chi connectivity index (χ1v) is 9.59. The third-order valence-corrected chi connectivity index (χ3v) is 5.40. The molecule has 0 spiro atoms. The molecular formula is C22H25N3O3. The van der Waals surface area contributed by atoms with Crippen molar-refractivity contribution in [2.24, 2.45) is 0 Å². The molecule has 4 rings (SSSR count). The first-order chi connectivity index (χ1) is 13.6. The van der Waals surface area contributed by atoms with Gasteiger partial charge < -0.3 is 14.5 Å². The molecule has 0 saturated carbocycles. The highest BCUT2D eigenvalue weighted by Crippen LogP contribution is 2.31. The van der Waals surface area contributed by atoms with Crippen LogP contribution in [0.3, 0.4) is 0 Å². The fourth-order valence-electron chi connectivity index (χ4n) is 3.74. The Morgan fingerprint density at radius 3 is 2.93 bits per heavy atom. The second-order valence-corrected chi connectivity index (χ2v) is 7.34. The van der Waals surface area contributed by atoms with Crippen LogP contribution in [0.5, 0.6) is 0 Å². The van der Waals surface area contributed by atoms with Crippen molar-refractivity contribution in [3.8, 4) is 5.69 Å². The second-order valence-electron chi connectivity index (χ2n) is 7.34. The summed E-state index contributed by atoms with van der Waals surface area (Å²) in [6, 6.07) is 9.76. The Hall–Kier alpha value is -2.86. The number of nitrogens with one attached hydrogen (secondary N) is 1. The van der Waals surface area contributed by atoms with Gasteiger partial charge in [0.15, 0.2) is 5.76 Å². The topological polar surface area (TPSA) is 69.3 Å². The highest BCUT2D eigenvalue weighted by molar-refractivity contribution is 5.91. The molecule has 28 heavy (non-hydrogen) atoms. The Kier molecular flexibility index (Phi) is 5.05. The zero-order valence-corrected chi connectivity index (χ0v) is 16.5. The molecule has 0 unspecified atom stereocenters. The number of furan rings is 1. The van der Waals surface area contributed by atoms with Gasteiger partial charge in [0.05, 0.1) is 17.9 Å². The number of carbonyl (C=O) groups excluding carboxylic acids is 1. The lowest BCUT2D eigenvalue weighted by molar-refractivity contribution is 0.0896. The highest BCUT2D eigenvalue weighted by Gasteiger charge is 2.27. The van der Waals surface area contributed by atoms with Crippen molar-refractivity contribution in [3.63, 3.8) is 0 Å². The average Bonchev–Trinajstić information content (AvgIpc) is 3.32. The van der Waals surface area contributed by atoms with Gasteiger partial charge in [-0.3, -0.25) is 4.79 Å². The van der Waals surface area contributed by atoms with Gasteiger partial charge in [-0.2, -0.15) is 5.10 Å². The van der Waals surface area contributed by atoms with Crippen LogP contribution in [0.15, 0.2) is 40.9 Å². The molecule has 1 aliphatic carbocycles. The molecule has 3 aromatic rings. The van der Waals surface area contributed by atoms with Crippen molar-refractivity contribution in [1.82, 2.24) is 15.1 Å². The predicted molar refractivity (Wildman–Crippen MR) is 106 cm³/mol.